The van der Waals surface area contributed by atoms with Crippen LogP contribution in [0.15, 0.2) is 0 Å². The minimum absolute atomic E-state index is 0.495. The lowest BCUT2D eigenvalue weighted by molar-refractivity contribution is 0.0320. The lowest BCUT2D eigenvalue weighted by atomic mass is 9.90. The lowest BCUT2D eigenvalue weighted by Crippen LogP contribution is -2.25. The first kappa shape index (κ1) is 11.2. The Morgan fingerprint density at radius 2 is 2.09 bits per heavy atom. The second-order valence-corrected chi connectivity index (χ2v) is 4.02. The number of alkyl halides is 1. The summed E-state index contributed by atoms with van der Waals surface area (Å²) in [5.41, 5.74) is -0.495. The number of halogens is 1. The van der Waals surface area contributed by atoms with Gasteiger partial charge in [-0.1, -0.05) is 13.8 Å². The van der Waals surface area contributed by atoms with Gasteiger partial charge in [0, 0.05) is 5.88 Å². The van der Waals surface area contributed by atoms with E-state index in [4.69, 9.17) is 11.6 Å². The van der Waals surface area contributed by atoms with E-state index in [0.29, 0.717) is 11.8 Å². The predicted molar refractivity (Wildman–Crippen MR) is 50.0 cm³/mol. The van der Waals surface area contributed by atoms with Crippen molar-refractivity contribution in [2.75, 3.05) is 5.88 Å². The molecule has 0 aromatic carbocycles. The Bertz CT molecular complexity index is 102. The minimum atomic E-state index is -0.495. The van der Waals surface area contributed by atoms with Crippen molar-refractivity contribution in [3.63, 3.8) is 0 Å². The summed E-state index contributed by atoms with van der Waals surface area (Å²) in [5.74, 6) is 1.23. The number of hydrogen-bond acceptors (Lipinski definition) is 1. The predicted octanol–water partition coefficient (Wildman–Crippen LogP) is 2.80. The van der Waals surface area contributed by atoms with Crippen molar-refractivity contribution < 1.29 is 5.11 Å². The summed E-state index contributed by atoms with van der Waals surface area (Å²) >= 11 is 5.59. The van der Waals surface area contributed by atoms with Gasteiger partial charge in [0.2, 0.25) is 0 Å². The van der Waals surface area contributed by atoms with Gasteiger partial charge >= 0.3 is 0 Å². The maximum absolute atomic E-state index is 9.68. The van der Waals surface area contributed by atoms with Crippen LogP contribution >= 0.6 is 11.6 Å². The van der Waals surface area contributed by atoms with Crippen molar-refractivity contribution in [2.24, 2.45) is 5.92 Å². The van der Waals surface area contributed by atoms with E-state index in [1.54, 1.807) is 0 Å². The molecule has 2 unspecified atom stereocenters. The Balaban J connectivity index is 3.64. The molecule has 0 bridgehead atoms. The SMILES string of the molecule is CCC(C)(O)CC(C)CCCl. The molecule has 2 atom stereocenters. The molecule has 0 saturated heterocycles. The molecule has 0 spiro atoms. The molecule has 0 aromatic rings. The van der Waals surface area contributed by atoms with Gasteiger partial charge in [-0.3, -0.25) is 0 Å². The average Bonchev–Trinajstić information content (AvgIpc) is 1.87. The Morgan fingerprint density at radius 1 is 1.55 bits per heavy atom. The number of aliphatic hydroxyl groups is 1. The molecule has 0 rings (SSSR count). The standard InChI is InChI=1S/C9H19ClO/c1-4-9(3,11)7-8(2)5-6-10/h8,11H,4-7H2,1-3H3. The number of rotatable bonds is 5. The van der Waals surface area contributed by atoms with Gasteiger partial charge in [-0.05, 0) is 32.1 Å². The van der Waals surface area contributed by atoms with Gasteiger partial charge in [-0.25, -0.2) is 0 Å². The fourth-order valence-corrected chi connectivity index (χ4v) is 1.56. The molecule has 0 aliphatic rings. The van der Waals surface area contributed by atoms with E-state index in [9.17, 15) is 5.11 Å². The van der Waals surface area contributed by atoms with Crippen LogP contribution in [0.3, 0.4) is 0 Å². The highest BCUT2D eigenvalue weighted by molar-refractivity contribution is 6.17. The summed E-state index contributed by atoms with van der Waals surface area (Å²) in [5, 5.41) is 9.68. The average molecular weight is 179 g/mol. The Hall–Kier alpha value is 0.250. The first-order valence-corrected chi connectivity index (χ1v) is 4.83. The largest absolute Gasteiger partial charge is 0.390 e. The van der Waals surface area contributed by atoms with E-state index in [1.807, 2.05) is 13.8 Å². The van der Waals surface area contributed by atoms with E-state index in [1.165, 1.54) is 0 Å². The van der Waals surface area contributed by atoms with Crippen molar-refractivity contribution in [3.05, 3.63) is 0 Å². The molecule has 1 nitrogen and oxygen atoms in total. The van der Waals surface area contributed by atoms with E-state index < -0.39 is 5.60 Å². The fourth-order valence-electron chi connectivity index (χ4n) is 1.18. The van der Waals surface area contributed by atoms with Crippen molar-refractivity contribution in [1.82, 2.24) is 0 Å². The van der Waals surface area contributed by atoms with E-state index in [0.717, 1.165) is 19.3 Å². The molecule has 0 radical (unpaired) electrons. The maximum Gasteiger partial charge on any atom is 0.0619 e. The molecule has 2 heteroatoms. The van der Waals surface area contributed by atoms with E-state index >= 15 is 0 Å². The quantitative estimate of drug-likeness (QED) is 0.642. The van der Waals surface area contributed by atoms with Gasteiger partial charge < -0.3 is 5.11 Å². The maximum atomic E-state index is 9.68. The zero-order valence-electron chi connectivity index (χ0n) is 7.73. The molecule has 0 aliphatic carbocycles. The van der Waals surface area contributed by atoms with Crippen LogP contribution in [0.2, 0.25) is 0 Å². The van der Waals surface area contributed by atoms with Crippen LogP contribution in [0.5, 0.6) is 0 Å². The van der Waals surface area contributed by atoms with Gasteiger partial charge in [0.25, 0.3) is 0 Å². The van der Waals surface area contributed by atoms with Gasteiger partial charge in [0.05, 0.1) is 5.60 Å². The normalized spacial score (nSPS) is 19.4. The van der Waals surface area contributed by atoms with Crippen LogP contribution in [-0.4, -0.2) is 16.6 Å². The third-order valence-corrected chi connectivity index (χ3v) is 2.37. The first-order valence-electron chi connectivity index (χ1n) is 4.30. The molecule has 0 amide bonds. The molecule has 68 valence electrons. The fraction of sp³-hybridized carbons (Fsp3) is 1.00. The highest BCUT2D eigenvalue weighted by Crippen LogP contribution is 2.21. The van der Waals surface area contributed by atoms with Crippen LogP contribution in [0.1, 0.15) is 40.0 Å². The van der Waals surface area contributed by atoms with Gasteiger partial charge in [0.15, 0.2) is 0 Å². The van der Waals surface area contributed by atoms with Gasteiger partial charge in [-0.2, -0.15) is 0 Å². The van der Waals surface area contributed by atoms with Gasteiger partial charge in [0.1, 0.15) is 0 Å². The number of hydrogen-bond donors (Lipinski definition) is 1. The molecule has 0 aromatic heterocycles. The summed E-state index contributed by atoms with van der Waals surface area (Å²) in [6, 6.07) is 0. The Morgan fingerprint density at radius 3 is 2.45 bits per heavy atom. The molecular weight excluding hydrogens is 160 g/mol. The van der Waals surface area contributed by atoms with Crippen molar-refractivity contribution in [3.8, 4) is 0 Å². The molecule has 0 aliphatic heterocycles. The summed E-state index contributed by atoms with van der Waals surface area (Å²) in [6.07, 6.45) is 2.67. The molecule has 1 N–H and O–H groups in total. The molecule has 11 heavy (non-hydrogen) atoms. The summed E-state index contributed by atoms with van der Waals surface area (Å²) in [4.78, 5) is 0. The van der Waals surface area contributed by atoms with Gasteiger partial charge in [-0.15, -0.1) is 11.6 Å². The van der Waals surface area contributed by atoms with Crippen LogP contribution in [0.4, 0.5) is 0 Å². The van der Waals surface area contributed by atoms with Crippen molar-refractivity contribution in [2.45, 2.75) is 45.6 Å². The smallest absolute Gasteiger partial charge is 0.0619 e. The summed E-state index contributed by atoms with van der Waals surface area (Å²) < 4.78 is 0. The lowest BCUT2D eigenvalue weighted by Gasteiger charge is -2.24. The second kappa shape index (κ2) is 5.00. The zero-order chi connectivity index (χ0) is 8.91. The van der Waals surface area contributed by atoms with Crippen LogP contribution in [-0.2, 0) is 0 Å². The highest BCUT2D eigenvalue weighted by Gasteiger charge is 2.20. The molecule has 0 heterocycles. The monoisotopic (exact) mass is 178 g/mol. The third kappa shape index (κ3) is 5.51. The molecule has 0 fully saturated rings. The zero-order valence-corrected chi connectivity index (χ0v) is 8.49. The van der Waals surface area contributed by atoms with E-state index in [-0.39, 0.29) is 0 Å². The van der Waals surface area contributed by atoms with E-state index in [2.05, 4.69) is 6.92 Å². The first-order chi connectivity index (χ1) is 5.02. The van der Waals surface area contributed by atoms with Crippen LogP contribution < -0.4 is 0 Å². The summed E-state index contributed by atoms with van der Waals surface area (Å²) in [6.45, 7) is 6.03. The third-order valence-electron chi connectivity index (χ3n) is 2.15. The topological polar surface area (TPSA) is 20.2 Å². The minimum Gasteiger partial charge on any atom is -0.390 e. The highest BCUT2D eigenvalue weighted by atomic mass is 35.5. The second-order valence-electron chi connectivity index (χ2n) is 3.64. The molecular formula is C9H19ClO. The van der Waals surface area contributed by atoms with Crippen LogP contribution in [0, 0.1) is 5.92 Å². The van der Waals surface area contributed by atoms with Crippen molar-refractivity contribution >= 4 is 11.6 Å². The Labute approximate surface area is 74.8 Å². The molecule has 0 saturated carbocycles. The van der Waals surface area contributed by atoms with Crippen molar-refractivity contribution in [1.29, 1.82) is 0 Å². The van der Waals surface area contributed by atoms with Crippen LogP contribution in [0.25, 0.3) is 0 Å². The Kier molecular flexibility index (Phi) is 5.11. The summed E-state index contributed by atoms with van der Waals surface area (Å²) in [7, 11) is 0.